The van der Waals surface area contributed by atoms with Crippen molar-refractivity contribution in [3.05, 3.63) is 0 Å². The van der Waals surface area contributed by atoms with Gasteiger partial charge in [0.25, 0.3) is 0 Å². The van der Waals surface area contributed by atoms with Crippen LogP contribution in [0.25, 0.3) is 0 Å². The van der Waals surface area contributed by atoms with Crippen LogP contribution in [0.15, 0.2) is 0 Å². The highest BCUT2D eigenvalue weighted by Gasteiger charge is 2.31. The summed E-state index contributed by atoms with van der Waals surface area (Å²) < 4.78 is 0. The van der Waals surface area contributed by atoms with Gasteiger partial charge >= 0.3 is 5.97 Å². The number of nitrogens with one attached hydrogen (secondary N) is 3. The molecule has 0 aromatic carbocycles. The SMILES string of the molecule is CC(C)CC(N)C(=O)NC(CCC(N)=O)C(=O)NC(CCC(N)=O)C(=O)NC(CC(C)C)C(=O)O. The highest BCUT2D eigenvalue weighted by molar-refractivity contribution is 5.94. The summed E-state index contributed by atoms with van der Waals surface area (Å²) in [6.45, 7) is 7.31. The first-order valence-electron chi connectivity index (χ1n) is 11.6. The van der Waals surface area contributed by atoms with E-state index in [9.17, 15) is 33.9 Å². The molecular formula is C22H40N6O7. The third-order valence-electron chi connectivity index (χ3n) is 5.01. The summed E-state index contributed by atoms with van der Waals surface area (Å²) in [5, 5.41) is 16.6. The number of carboxylic acids is 1. The second kappa shape index (κ2) is 15.6. The minimum absolute atomic E-state index is 0.0431. The van der Waals surface area contributed by atoms with E-state index >= 15 is 0 Å². The van der Waals surface area contributed by atoms with Crippen LogP contribution in [0, 0.1) is 11.8 Å². The van der Waals surface area contributed by atoms with E-state index in [-0.39, 0.29) is 43.9 Å². The summed E-state index contributed by atoms with van der Waals surface area (Å²) in [5.74, 6) is -4.89. The maximum absolute atomic E-state index is 13.0. The van der Waals surface area contributed by atoms with Crippen molar-refractivity contribution in [2.24, 2.45) is 29.0 Å². The third kappa shape index (κ3) is 13.9. The maximum Gasteiger partial charge on any atom is 0.326 e. The molecule has 0 aliphatic carbocycles. The van der Waals surface area contributed by atoms with Gasteiger partial charge in [-0.15, -0.1) is 0 Å². The van der Waals surface area contributed by atoms with E-state index in [1.54, 1.807) is 13.8 Å². The molecular weight excluding hydrogens is 460 g/mol. The van der Waals surface area contributed by atoms with Gasteiger partial charge in [0.15, 0.2) is 0 Å². The summed E-state index contributed by atoms with van der Waals surface area (Å²) in [7, 11) is 0. The zero-order valence-corrected chi connectivity index (χ0v) is 20.8. The highest BCUT2D eigenvalue weighted by Crippen LogP contribution is 2.08. The molecule has 0 aliphatic heterocycles. The van der Waals surface area contributed by atoms with Crippen molar-refractivity contribution < 1.29 is 33.9 Å². The fraction of sp³-hybridized carbons (Fsp3) is 0.727. The fourth-order valence-electron chi connectivity index (χ4n) is 3.24. The molecule has 10 N–H and O–H groups in total. The highest BCUT2D eigenvalue weighted by atomic mass is 16.4. The number of carbonyl (C=O) groups excluding carboxylic acids is 5. The second-order valence-electron chi connectivity index (χ2n) is 9.40. The van der Waals surface area contributed by atoms with E-state index in [1.165, 1.54) is 0 Å². The number of hydrogen-bond acceptors (Lipinski definition) is 7. The van der Waals surface area contributed by atoms with Crippen molar-refractivity contribution in [2.75, 3.05) is 0 Å². The Kier molecular flexibility index (Phi) is 14.2. The summed E-state index contributed by atoms with van der Waals surface area (Å²) in [5.41, 5.74) is 16.2. The molecule has 0 saturated carbocycles. The summed E-state index contributed by atoms with van der Waals surface area (Å²) in [6.07, 6.45) is -0.362. The summed E-state index contributed by atoms with van der Waals surface area (Å²) >= 11 is 0. The van der Waals surface area contributed by atoms with Crippen molar-refractivity contribution in [1.29, 1.82) is 0 Å². The molecule has 0 spiro atoms. The summed E-state index contributed by atoms with van der Waals surface area (Å²) in [6, 6.07) is -4.68. The molecule has 4 atom stereocenters. The fourth-order valence-corrected chi connectivity index (χ4v) is 3.24. The van der Waals surface area contributed by atoms with Crippen LogP contribution in [0.3, 0.4) is 0 Å². The van der Waals surface area contributed by atoms with E-state index in [2.05, 4.69) is 16.0 Å². The van der Waals surface area contributed by atoms with Crippen LogP contribution in [0.2, 0.25) is 0 Å². The number of carbonyl (C=O) groups is 6. The van der Waals surface area contributed by atoms with Crippen molar-refractivity contribution in [2.45, 2.75) is 90.4 Å². The Morgan fingerprint density at radius 2 is 1.03 bits per heavy atom. The Bertz CT molecular complexity index is 771. The van der Waals surface area contributed by atoms with Crippen molar-refractivity contribution in [1.82, 2.24) is 16.0 Å². The first kappa shape index (κ1) is 31.8. The van der Waals surface area contributed by atoms with Gasteiger partial charge in [0.05, 0.1) is 6.04 Å². The smallest absolute Gasteiger partial charge is 0.326 e. The lowest BCUT2D eigenvalue weighted by Gasteiger charge is -2.25. The minimum atomic E-state index is -1.32. The van der Waals surface area contributed by atoms with Gasteiger partial charge in [-0.3, -0.25) is 24.0 Å². The molecule has 0 aliphatic rings. The van der Waals surface area contributed by atoms with Crippen LogP contribution < -0.4 is 33.2 Å². The number of aliphatic carboxylic acids is 1. The lowest BCUT2D eigenvalue weighted by molar-refractivity contribution is -0.143. The van der Waals surface area contributed by atoms with Gasteiger partial charge in [-0.25, -0.2) is 4.79 Å². The zero-order chi connectivity index (χ0) is 27.3. The van der Waals surface area contributed by atoms with Crippen LogP contribution in [0.4, 0.5) is 0 Å². The third-order valence-corrected chi connectivity index (χ3v) is 5.01. The molecule has 13 heteroatoms. The van der Waals surface area contributed by atoms with Crippen LogP contribution in [0.1, 0.15) is 66.2 Å². The van der Waals surface area contributed by atoms with E-state index < -0.39 is 59.7 Å². The molecule has 13 nitrogen and oxygen atoms in total. The number of primary amides is 2. The minimum Gasteiger partial charge on any atom is -0.480 e. The van der Waals surface area contributed by atoms with Gasteiger partial charge < -0.3 is 38.3 Å². The average molecular weight is 501 g/mol. The average Bonchev–Trinajstić information content (AvgIpc) is 2.71. The van der Waals surface area contributed by atoms with Crippen LogP contribution >= 0.6 is 0 Å². The van der Waals surface area contributed by atoms with Crippen LogP contribution in [-0.4, -0.2) is 64.8 Å². The first-order chi connectivity index (χ1) is 16.1. The molecule has 5 amide bonds. The van der Waals surface area contributed by atoms with Gasteiger partial charge in [-0.05, 0) is 37.5 Å². The van der Waals surface area contributed by atoms with Gasteiger partial charge in [0.2, 0.25) is 29.5 Å². The number of hydrogen-bond donors (Lipinski definition) is 7. The van der Waals surface area contributed by atoms with Gasteiger partial charge in [0, 0.05) is 12.8 Å². The van der Waals surface area contributed by atoms with E-state index in [4.69, 9.17) is 17.2 Å². The van der Waals surface area contributed by atoms with E-state index in [1.807, 2.05) is 13.8 Å². The van der Waals surface area contributed by atoms with E-state index in [0.29, 0.717) is 6.42 Å². The number of rotatable bonds is 17. The van der Waals surface area contributed by atoms with Crippen molar-refractivity contribution >= 4 is 35.5 Å². The predicted octanol–water partition coefficient (Wildman–Crippen LogP) is -1.52. The van der Waals surface area contributed by atoms with Crippen molar-refractivity contribution in [3.63, 3.8) is 0 Å². The normalized spacial score (nSPS) is 14.5. The summed E-state index contributed by atoms with van der Waals surface area (Å²) in [4.78, 5) is 72.3. The zero-order valence-electron chi connectivity index (χ0n) is 20.8. The van der Waals surface area contributed by atoms with Crippen LogP contribution in [-0.2, 0) is 28.8 Å². The lowest BCUT2D eigenvalue weighted by atomic mass is 10.0. The molecule has 4 unspecified atom stereocenters. The number of carboxylic acid groups (broad SMARTS) is 1. The lowest BCUT2D eigenvalue weighted by Crippen LogP contribution is -2.57. The maximum atomic E-state index is 13.0. The number of nitrogens with two attached hydrogens (primary N) is 3. The second-order valence-corrected chi connectivity index (χ2v) is 9.40. The predicted molar refractivity (Wildman–Crippen MR) is 127 cm³/mol. The van der Waals surface area contributed by atoms with E-state index in [0.717, 1.165) is 0 Å². The topological polar surface area (TPSA) is 237 Å². The molecule has 0 rings (SSSR count). The quantitative estimate of drug-likeness (QED) is 0.123. The molecule has 0 fully saturated rings. The van der Waals surface area contributed by atoms with Crippen LogP contribution in [0.5, 0.6) is 0 Å². The van der Waals surface area contributed by atoms with Gasteiger partial charge in [-0.2, -0.15) is 0 Å². The number of amides is 5. The molecule has 35 heavy (non-hydrogen) atoms. The molecule has 0 aromatic heterocycles. The first-order valence-corrected chi connectivity index (χ1v) is 11.6. The molecule has 0 heterocycles. The standard InChI is InChI=1S/C22H40N6O7/c1-11(2)9-13(23)19(31)26-14(5-7-17(24)29)20(32)27-15(6-8-18(25)30)21(33)28-16(22(34)35)10-12(3)4/h11-16H,5-10,23H2,1-4H3,(H2,24,29)(H2,25,30)(H,26,31)(H,27,32)(H,28,33)(H,34,35). The largest absolute Gasteiger partial charge is 0.480 e. The molecule has 200 valence electrons. The molecule has 0 saturated heterocycles. The Morgan fingerprint density at radius 1 is 0.657 bits per heavy atom. The van der Waals surface area contributed by atoms with Gasteiger partial charge in [0.1, 0.15) is 18.1 Å². The molecule has 0 bridgehead atoms. The molecule has 0 radical (unpaired) electrons. The molecule has 0 aromatic rings. The van der Waals surface area contributed by atoms with Gasteiger partial charge in [-0.1, -0.05) is 27.7 Å². The Labute approximate surface area is 205 Å². The Balaban J connectivity index is 5.64. The monoisotopic (exact) mass is 500 g/mol. The Hall–Kier alpha value is -3.22. The Morgan fingerprint density at radius 3 is 1.37 bits per heavy atom. The van der Waals surface area contributed by atoms with Crippen molar-refractivity contribution in [3.8, 4) is 0 Å².